The summed E-state index contributed by atoms with van der Waals surface area (Å²) in [6.45, 7) is 5.58. The van der Waals surface area contributed by atoms with Gasteiger partial charge in [0.1, 0.15) is 0 Å². The second-order valence-corrected chi connectivity index (χ2v) is 7.71. The Bertz CT molecular complexity index is 762. The van der Waals surface area contributed by atoms with Crippen LogP contribution in [-0.2, 0) is 19.5 Å². The minimum absolute atomic E-state index is 0.642. The molecule has 2 aromatic rings. The van der Waals surface area contributed by atoms with E-state index in [2.05, 4.69) is 52.3 Å². The third kappa shape index (κ3) is 4.12. The fourth-order valence-corrected chi connectivity index (χ4v) is 4.53. The number of piperidine rings is 1. The minimum atomic E-state index is 0.642. The molecule has 2 heterocycles. The van der Waals surface area contributed by atoms with Crippen LogP contribution in [0.4, 0.5) is 0 Å². The first-order valence-corrected chi connectivity index (χ1v) is 10.0. The summed E-state index contributed by atoms with van der Waals surface area (Å²) < 4.78 is 11.0. The Hall–Kier alpha value is -2.04. The van der Waals surface area contributed by atoms with Crippen molar-refractivity contribution in [3.8, 4) is 11.5 Å². The van der Waals surface area contributed by atoms with Crippen molar-refractivity contribution in [1.29, 1.82) is 0 Å². The summed E-state index contributed by atoms with van der Waals surface area (Å²) in [5, 5.41) is 0. The number of nitrogens with zero attached hydrogens (tertiary/aromatic N) is 2. The fraction of sp³-hybridized carbons (Fsp3) is 0.478. The highest BCUT2D eigenvalue weighted by Crippen LogP contribution is 2.34. The Balaban J connectivity index is 1.43. The largest absolute Gasteiger partial charge is 0.493 e. The highest BCUT2D eigenvalue weighted by molar-refractivity contribution is 5.48. The van der Waals surface area contributed by atoms with Crippen LogP contribution >= 0.6 is 0 Å². The molecular formula is C23H30N2O2. The van der Waals surface area contributed by atoms with Crippen molar-refractivity contribution in [3.63, 3.8) is 0 Å². The summed E-state index contributed by atoms with van der Waals surface area (Å²) in [6.07, 6.45) is 3.67. The van der Waals surface area contributed by atoms with Crippen LogP contribution in [-0.4, -0.2) is 49.7 Å². The average molecular weight is 367 g/mol. The van der Waals surface area contributed by atoms with Gasteiger partial charge in [-0.05, 0) is 54.6 Å². The lowest BCUT2D eigenvalue weighted by molar-refractivity contribution is 0.0837. The molecular weight excluding hydrogens is 336 g/mol. The molecule has 1 saturated heterocycles. The van der Waals surface area contributed by atoms with E-state index >= 15 is 0 Å². The Morgan fingerprint density at radius 2 is 1.70 bits per heavy atom. The predicted octanol–water partition coefficient (Wildman–Crippen LogP) is 3.73. The van der Waals surface area contributed by atoms with E-state index in [9.17, 15) is 0 Å². The lowest BCUT2D eigenvalue weighted by Crippen LogP contribution is -2.49. The summed E-state index contributed by atoms with van der Waals surface area (Å²) in [7, 11) is 3.43. The monoisotopic (exact) mass is 366 g/mol. The molecule has 0 N–H and O–H groups in total. The molecule has 1 fully saturated rings. The first kappa shape index (κ1) is 18.3. The number of methoxy groups -OCH3 is 2. The Morgan fingerprint density at radius 3 is 2.44 bits per heavy atom. The maximum Gasteiger partial charge on any atom is 0.161 e. The molecule has 144 valence electrons. The molecule has 0 spiro atoms. The van der Waals surface area contributed by atoms with Gasteiger partial charge in [-0.1, -0.05) is 30.3 Å². The van der Waals surface area contributed by atoms with E-state index < -0.39 is 0 Å². The number of hydrogen-bond donors (Lipinski definition) is 0. The molecule has 27 heavy (non-hydrogen) atoms. The number of rotatable bonds is 5. The van der Waals surface area contributed by atoms with Crippen molar-refractivity contribution in [3.05, 3.63) is 59.2 Å². The van der Waals surface area contributed by atoms with Crippen molar-refractivity contribution in [2.45, 2.75) is 38.4 Å². The standard InChI is InChI=1S/C23H30N2O2/c1-26-22-13-19-10-12-25(16-20(19)14-23(22)27-2)21-9-6-11-24(17-21)15-18-7-4-3-5-8-18/h3-5,7-8,13-14,21H,6,9-12,15-17H2,1-2H3/t21-/m1/s1. The minimum Gasteiger partial charge on any atom is -0.493 e. The topological polar surface area (TPSA) is 24.9 Å². The van der Waals surface area contributed by atoms with Crippen LogP contribution in [0.2, 0.25) is 0 Å². The van der Waals surface area contributed by atoms with Crippen LogP contribution in [0.1, 0.15) is 29.5 Å². The van der Waals surface area contributed by atoms with Crippen molar-refractivity contribution >= 4 is 0 Å². The van der Waals surface area contributed by atoms with Crippen LogP contribution in [0.3, 0.4) is 0 Å². The van der Waals surface area contributed by atoms with Crippen molar-refractivity contribution in [1.82, 2.24) is 9.80 Å². The number of ether oxygens (including phenoxy) is 2. The van der Waals surface area contributed by atoms with Crippen molar-refractivity contribution in [2.24, 2.45) is 0 Å². The molecule has 0 aromatic heterocycles. The molecule has 0 amide bonds. The molecule has 0 aliphatic carbocycles. The van der Waals surface area contributed by atoms with Gasteiger partial charge in [0.2, 0.25) is 0 Å². The third-order valence-corrected chi connectivity index (χ3v) is 5.99. The van der Waals surface area contributed by atoms with Gasteiger partial charge < -0.3 is 9.47 Å². The number of hydrogen-bond acceptors (Lipinski definition) is 4. The normalized spacial score (nSPS) is 20.9. The van der Waals surface area contributed by atoms with Crippen LogP contribution in [0.5, 0.6) is 11.5 Å². The van der Waals surface area contributed by atoms with E-state index in [0.717, 1.165) is 44.1 Å². The molecule has 1 atom stereocenters. The van der Waals surface area contributed by atoms with E-state index in [1.807, 2.05) is 0 Å². The van der Waals surface area contributed by atoms with E-state index in [1.165, 1.54) is 36.1 Å². The molecule has 0 radical (unpaired) electrons. The number of likely N-dealkylation sites (tertiary alicyclic amines) is 1. The number of fused-ring (bicyclic) bond motifs is 1. The smallest absolute Gasteiger partial charge is 0.161 e. The maximum absolute atomic E-state index is 5.51. The zero-order valence-corrected chi connectivity index (χ0v) is 16.5. The lowest BCUT2D eigenvalue weighted by atomic mass is 9.95. The van der Waals surface area contributed by atoms with Crippen LogP contribution < -0.4 is 9.47 Å². The summed E-state index contributed by atoms with van der Waals surface area (Å²) >= 11 is 0. The van der Waals surface area contributed by atoms with Gasteiger partial charge in [-0.15, -0.1) is 0 Å². The molecule has 4 nitrogen and oxygen atoms in total. The second-order valence-electron chi connectivity index (χ2n) is 7.71. The van der Waals surface area contributed by atoms with Crippen LogP contribution in [0.15, 0.2) is 42.5 Å². The zero-order chi connectivity index (χ0) is 18.6. The third-order valence-electron chi connectivity index (χ3n) is 5.99. The van der Waals surface area contributed by atoms with Gasteiger partial charge in [-0.25, -0.2) is 0 Å². The summed E-state index contributed by atoms with van der Waals surface area (Å²) in [4.78, 5) is 5.29. The predicted molar refractivity (Wildman–Crippen MR) is 108 cm³/mol. The van der Waals surface area contributed by atoms with E-state index in [0.29, 0.717) is 6.04 Å². The van der Waals surface area contributed by atoms with Gasteiger partial charge in [0.25, 0.3) is 0 Å². The first-order valence-electron chi connectivity index (χ1n) is 10.0. The molecule has 2 aliphatic rings. The average Bonchev–Trinajstić information content (AvgIpc) is 2.73. The highest BCUT2D eigenvalue weighted by atomic mass is 16.5. The molecule has 4 heteroatoms. The van der Waals surface area contributed by atoms with Crippen LogP contribution in [0, 0.1) is 0 Å². The fourth-order valence-electron chi connectivity index (χ4n) is 4.53. The van der Waals surface area contributed by atoms with E-state index in [1.54, 1.807) is 14.2 Å². The highest BCUT2D eigenvalue weighted by Gasteiger charge is 2.28. The van der Waals surface area contributed by atoms with E-state index in [4.69, 9.17) is 9.47 Å². The quantitative estimate of drug-likeness (QED) is 0.805. The van der Waals surface area contributed by atoms with Gasteiger partial charge in [0.15, 0.2) is 11.5 Å². The summed E-state index contributed by atoms with van der Waals surface area (Å²) in [5.41, 5.74) is 4.21. The maximum atomic E-state index is 5.51. The summed E-state index contributed by atoms with van der Waals surface area (Å²) in [5.74, 6) is 1.68. The van der Waals surface area contributed by atoms with Crippen LogP contribution in [0.25, 0.3) is 0 Å². The van der Waals surface area contributed by atoms with Gasteiger partial charge in [-0.2, -0.15) is 0 Å². The second kappa shape index (κ2) is 8.32. The Labute approximate surface area is 162 Å². The Kier molecular flexibility index (Phi) is 5.65. The SMILES string of the molecule is COc1cc2c(cc1OC)CN([C@@H]1CCCN(Cc3ccccc3)C1)CC2. The number of benzene rings is 2. The molecule has 4 rings (SSSR count). The van der Waals surface area contributed by atoms with Gasteiger partial charge in [-0.3, -0.25) is 9.80 Å². The lowest BCUT2D eigenvalue weighted by Gasteiger charge is -2.41. The first-order chi connectivity index (χ1) is 13.3. The van der Waals surface area contributed by atoms with Crippen molar-refractivity contribution < 1.29 is 9.47 Å². The molecule has 2 aliphatic heterocycles. The molecule has 0 bridgehead atoms. The molecule has 0 saturated carbocycles. The molecule has 0 unspecified atom stereocenters. The van der Waals surface area contributed by atoms with Gasteiger partial charge >= 0.3 is 0 Å². The van der Waals surface area contributed by atoms with Crippen molar-refractivity contribution in [2.75, 3.05) is 33.9 Å². The Morgan fingerprint density at radius 1 is 0.963 bits per heavy atom. The zero-order valence-electron chi connectivity index (χ0n) is 16.5. The van der Waals surface area contributed by atoms with E-state index in [-0.39, 0.29) is 0 Å². The van der Waals surface area contributed by atoms with Gasteiger partial charge in [0, 0.05) is 32.2 Å². The summed E-state index contributed by atoms with van der Waals surface area (Å²) in [6, 6.07) is 15.8. The molecule has 2 aromatic carbocycles. The van der Waals surface area contributed by atoms with Gasteiger partial charge in [0.05, 0.1) is 14.2 Å².